The van der Waals surface area contributed by atoms with E-state index in [-0.39, 0.29) is 0 Å². The van der Waals surface area contributed by atoms with E-state index in [1.807, 2.05) is 0 Å². The number of rotatable bonds is 0. The van der Waals surface area contributed by atoms with Gasteiger partial charge in [0.2, 0.25) is 0 Å². The molecule has 0 aromatic carbocycles. The quantitative estimate of drug-likeness (QED) is 0.647. The second kappa shape index (κ2) is 2.81. The largest absolute Gasteiger partial charge is 0.383 e. The van der Waals surface area contributed by atoms with Crippen LogP contribution < -0.4 is 5.73 Å². The molecule has 0 saturated carbocycles. The Morgan fingerprint density at radius 2 is 2.00 bits per heavy atom. The number of fused-ring (bicyclic) bond motifs is 1. The van der Waals surface area contributed by atoms with Gasteiger partial charge < -0.3 is 5.73 Å². The molecular weight excluding hydrogens is 188 g/mol. The van der Waals surface area contributed by atoms with Crippen LogP contribution in [-0.2, 0) is 0 Å². The minimum Gasteiger partial charge on any atom is -0.383 e. The molecule has 0 saturated heterocycles. The molecule has 0 amide bonds. The zero-order valence-corrected chi connectivity index (χ0v) is 7.71. The third-order valence-electron chi connectivity index (χ3n) is 1.67. The van der Waals surface area contributed by atoms with E-state index < -0.39 is 0 Å². The normalized spacial score (nSPS) is 10.6. The van der Waals surface area contributed by atoms with Crippen LogP contribution in [-0.4, -0.2) is 15.0 Å². The Bertz CT molecular complexity index is 464. The van der Waals surface area contributed by atoms with Crippen LogP contribution in [0.5, 0.6) is 0 Å². The summed E-state index contributed by atoms with van der Waals surface area (Å²) in [5.74, 6) is 1.03. The van der Waals surface area contributed by atoms with Crippen LogP contribution in [0.1, 0.15) is 5.82 Å². The lowest BCUT2D eigenvalue weighted by Gasteiger charge is -2.00. The van der Waals surface area contributed by atoms with Crippen molar-refractivity contribution in [1.29, 1.82) is 0 Å². The molecule has 0 spiro atoms. The van der Waals surface area contributed by atoms with E-state index in [4.69, 9.17) is 17.3 Å². The molecule has 0 radical (unpaired) electrons. The van der Waals surface area contributed by atoms with Gasteiger partial charge >= 0.3 is 0 Å². The number of nitrogen functional groups attached to an aromatic ring is 1. The van der Waals surface area contributed by atoms with Gasteiger partial charge in [-0.15, -0.1) is 0 Å². The first-order chi connectivity index (χ1) is 6.16. The minimum absolute atomic E-state index is 0.407. The van der Waals surface area contributed by atoms with Crippen molar-refractivity contribution in [2.45, 2.75) is 6.92 Å². The topological polar surface area (TPSA) is 64.7 Å². The summed E-state index contributed by atoms with van der Waals surface area (Å²) in [4.78, 5) is 12.2. The number of nitrogens with two attached hydrogens (primary N) is 1. The van der Waals surface area contributed by atoms with E-state index in [9.17, 15) is 0 Å². The molecule has 66 valence electrons. The van der Waals surface area contributed by atoms with Crippen LogP contribution in [0.4, 0.5) is 5.82 Å². The number of hydrogen-bond donors (Lipinski definition) is 1. The highest BCUT2D eigenvalue weighted by Crippen LogP contribution is 2.17. The van der Waals surface area contributed by atoms with Crippen LogP contribution in [0.25, 0.3) is 11.0 Å². The van der Waals surface area contributed by atoms with Gasteiger partial charge in [-0.2, -0.15) is 0 Å². The average Bonchev–Trinajstić information content (AvgIpc) is 2.02. The van der Waals surface area contributed by atoms with Crippen LogP contribution >= 0.6 is 11.6 Å². The molecule has 2 N–H and O–H groups in total. The predicted molar refractivity (Wildman–Crippen MR) is 51.5 cm³/mol. The van der Waals surface area contributed by atoms with Gasteiger partial charge in [-0.25, -0.2) is 15.0 Å². The first kappa shape index (κ1) is 8.19. The molecule has 2 rings (SSSR count). The van der Waals surface area contributed by atoms with Gasteiger partial charge in [0.15, 0.2) is 5.65 Å². The number of aromatic nitrogens is 3. The Morgan fingerprint density at radius 1 is 1.23 bits per heavy atom. The van der Waals surface area contributed by atoms with Crippen molar-refractivity contribution < 1.29 is 0 Å². The molecule has 4 nitrogen and oxygen atoms in total. The first-order valence-corrected chi connectivity index (χ1v) is 4.11. The van der Waals surface area contributed by atoms with E-state index in [0.717, 1.165) is 5.39 Å². The fraction of sp³-hybridized carbons (Fsp3) is 0.125. The Labute approximate surface area is 79.8 Å². The summed E-state index contributed by atoms with van der Waals surface area (Å²) in [7, 11) is 0. The number of pyridine rings is 1. The third-order valence-corrected chi connectivity index (χ3v) is 1.88. The lowest BCUT2D eigenvalue weighted by atomic mass is 10.3. The molecule has 0 aliphatic rings. The number of nitrogens with zero attached hydrogens (tertiary/aromatic N) is 3. The summed E-state index contributed by atoms with van der Waals surface area (Å²) in [5.41, 5.74) is 6.21. The van der Waals surface area contributed by atoms with Crippen LogP contribution in [0.2, 0.25) is 5.15 Å². The van der Waals surface area contributed by atoms with Crippen molar-refractivity contribution in [3.8, 4) is 0 Å². The maximum absolute atomic E-state index is 5.71. The fourth-order valence-corrected chi connectivity index (χ4v) is 1.27. The van der Waals surface area contributed by atoms with Gasteiger partial charge in [-0.05, 0) is 19.1 Å². The van der Waals surface area contributed by atoms with E-state index in [1.165, 1.54) is 0 Å². The predicted octanol–water partition coefficient (Wildman–Crippen LogP) is 1.57. The molecule has 0 fully saturated rings. The summed E-state index contributed by atoms with van der Waals surface area (Å²) >= 11 is 5.71. The van der Waals surface area contributed by atoms with E-state index in [0.29, 0.717) is 22.4 Å². The molecular formula is C8H7ClN4. The van der Waals surface area contributed by atoms with Gasteiger partial charge in [0.05, 0.1) is 5.39 Å². The maximum Gasteiger partial charge on any atom is 0.166 e. The van der Waals surface area contributed by atoms with Gasteiger partial charge in [0, 0.05) is 0 Å². The van der Waals surface area contributed by atoms with Crippen molar-refractivity contribution in [1.82, 2.24) is 15.0 Å². The second-order valence-corrected chi connectivity index (χ2v) is 3.05. The smallest absolute Gasteiger partial charge is 0.166 e. The van der Waals surface area contributed by atoms with Crippen LogP contribution in [0.3, 0.4) is 0 Å². The van der Waals surface area contributed by atoms with Gasteiger partial charge in [-0.1, -0.05) is 11.6 Å². The highest BCUT2D eigenvalue weighted by molar-refractivity contribution is 6.29. The monoisotopic (exact) mass is 194 g/mol. The average molecular weight is 195 g/mol. The lowest BCUT2D eigenvalue weighted by Crippen LogP contribution is -1.98. The van der Waals surface area contributed by atoms with Gasteiger partial charge in [0.25, 0.3) is 0 Å². The number of hydrogen-bond acceptors (Lipinski definition) is 4. The SMILES string of the molecule is Cc1nc(N)c2ccc(Cl)nc2n1. The third kappa shape index (κ3) is 1.40. The van der Waals surface area contributed by atoms with Crippen LogP contribution in [0, 0.1) is 6.92 Å². The first-order valence-electron chi connectivity index (χ1n) is 3.73. The number of halogens is 1. The minimum atomic E-state index is 0.407. The molecule has 0 atom stereocenters. The summed E-state index contributed by atoms with van der Waals surface area (Å²) in [5, 5.41) is 1.14. The molecule has 0 unspecified atom stereocenters. The highest BCUT2D eigenvalue weighted by atomic mass is 35.5. The molecule has 0 aliphatic carbocycles. The standard InChI is InChI=1S/C8H7ClN4/c1-4-11-7(10)5-2-3-6(9)13-8(5)12-4/h2-3H,1H3,(H2,10,11,12,13). The number of aryl methyl sites for hydroxylation is 1. The summed E-state index contributed by atoms with van der Waals surface area (Å²) in [6.45, 7) is 1.76. The van der Waals surface area contributed by atoms with E-state index in [2.05, 4.69) is 15.0 Å². The molecule has 2 aromatic rings. The molecule has 0 aliphatic heterocycles. The molecule has 2 aromatic heterocycles. The fourth-order valence-electron chi connectivity index (χ4n) is 1.12. The lowest BCUT2D eigenvalue weighted by molar-refractivity contribution is 1.08. The summed E-state index contributed by atoms with van der Waals surface area (Å²) < 4.78 is 0. The number of anilines is 1. The van der Waals surface area contributed by atoms with Gasteiger partial charge in [0.1, 0.15) is 16.8 Å². The van der Waals surface area contributed by atoms with Crippen molar-refractivity contribution >= 4 is 28.5 Å². The Balaban J connectivity index is 2.86. The molecule has 13 heavy (non-hydrogen) atoms. The van der Waals surface area contributed by atoms with Crippen LogP contribution in [0.15, 0.2) is 12.1 Å². The molecule has 5 heteroatoms. The zero-order chi connectivity index (χ0) is 9.42. The second-order valence-electron chi connectivity index (χ2n) is 2.66. The summed E-state index contributed by atoms with van der Waals surface area (Å²) in [6, 6.07) is 3.43. The van der Waals surface area contributed by atoms with Gasteiger partial charge in [-0.3, -0.25) is 0 Å². The van der Waals surface area contributed by atoms with Crippen molar-refractivity contribution in [3.63, 3.8) is 0 Å². The Morgan fingerprint density at radius 3 is 2.77 bits per heavy atom. The molecule has 0 bridgehead atoms. The Hall–Kier alpha value is -1.42. The summed E-state index contributed by atoms with van der Waals surface area (Å²) in [6.07, 6.45) is 0. The highest BCUT2D eigenvalue weighted by Gasteiger charge is 2.03. The maximum atomic E-state index is 5.71. The zero-order valence-electron chi connectivity index (χ0n) is 6.95. The van der Waals surface area contributed by atoms with E-state index in [1.54, 1.807) is 19.1 Å². The Kier molecular flexibility index (Phi) is 1.77. The van der Waals surface area contributed by atoms with Crippen molar-refractivity contribution in [2.24, 2.45) is 0 Å². The van der Waals surface area contributed by atoms with E-state index >= 15 is 0 Å². The van der Waals surface area contributed by atoms with Crippen molar-refractivity contribution in [3.05, 3.63) is 23.1 Å². The molecule has 2 heterocycles. The van der Waals surface area contributed by atoms with Crippen molar-refractivity contribution in [2.75, 3.05) is 5.73 Å².